The van der Waals surface area contributed by atoms with E-state index in [1.807, 2.05) is 11.8 Å². The highest BCUT2D eigenvalue weighted by Crippen LogP contribution is 2.32. The molecule has 0 spiro atoms. The van der Waals surface area contributed by atoms with Crippen molar-refractivity contribution >= 4 is 17.7 Å². The fourth-order valence-electron chi connectivity index (χ4n) is 3.17. The zero-order chi connectivity index (χ0) is 12.1. The van der Waals surface area contributed by atoms with Gasteiger partial charge in [-0.15, -0.1) is 0 Å². The van der Waals surface area contributed by atoms with Crippen LogP contribution in [0, 0.1) is 5.92 Å². The molecule has 2 rings (SSSR count). The van der Waals surface area contributed by atoms with Crippen molar-refractivity contribution in [3.05, 3.63) is 0 Å². The van der Waals surface area contributed by atoms with Crippen LogP contribution in [0.15, 0.2) is 0 Å². The monoisotopic (exact) mass is 257 g/mol. The first-order chi connectivity index (χ1) is 8.27. The highest BCUT2D eigenvalue weighted by Gasteiger charge is 2.32. The number of fused-ring (bicyclic) bond motifs is 1. The first-order valence-electron chi connectivity index (χ1n) is 6.81. The minimum absolute atomic E-state index is 0.311. The highest BCUT2D eigenvalue weighted by molar-refractivity contribution is 7.99. The average molecular weight is 257 g/mol. The molecule has 2 atom stereocenters. The first-order valence-corrected chi connectivity index (χ1v) is 7.96. The second-order valence-corrected chi connectivity index (χ2v) is 6.37. The van der Waals surface area contributed by atoms with Crippen molar-refractivity contribution in [3.8, 4) is 0 Å². The van der Waals surface area contributed by atoms with Gasteiger partial charge in [0.2, 0.25) is 0 Å². The maximum absolute atomic E-state index is 10.5. The molecule has 0 aromatic rings. The number of carboxylic acids is 1. The molecule has 0 aromatic carbocycles. The van der Waals surface area contributed by atoms with Gasteiger partial charge in [-0.2, -0.15) is 11.8 Å². The molecule has 2 saturated heterocycles. The van der Waals surface area contributed by atoms with Gasteiger partial charge in [-0.25, -0.2) is 0 Å². The van der Waals surface area contributed by atoms with Crippen LogP contribution in [0.2, 0.25) is 0 Å². The minimum Gasteiger partial charge on any atom is -0.481 e. The van der Waals surface area contributed by atoms with Gasteiger partial charge in [-0.1, -0.05) is 6.42 Å². The summed E-state index contributed by atoms with van der Waals surface area (Å²) in [5.74, 6) is 2.08. The van der Waals surface area contributed by atoms with E-state index in [9.17, 15) is 4.79 Å². The van der Waals surface area contributed by atoms with Crippen LogP contribution in [0.1, 0.15) is 38.5 Å². The number of hydrogen-bond acceptors (Lipinski definition) is 3. The van der Waals surface area contributed by atoms with Crippen LogP contribution >= 0.6 is 11.8 Å². The molecule has 0 aromatic heterocycles. The maximum atomic E-state index is 10.5. The summed E-state index contributed by atoms with van der Waals surface area (Å²) in [6.45, 7) is 2.59. The minimum atomic E-state index is -0.666. The first kappa shape index (κ1) is 13.2. The summed E-state index contributed by atoms with van der Waals surface area (Å²) in [4.78, 5) is 13.1. The quantitative estimate of drug-likeness (QED) is 0.768. The Morgan fingerprint density at radius 2 is 2.06 bits per heavy atom. The van der Waals surface area contributed by atoms with Gasteiger partial charge < -0.3 is 10.0 Å². The summed E-state index contributed by atoms with van der Waals surface area (Å²) in [5.41, 5.74) is 0. The standard InChI is InChI=1S/C13H23NO2S/c15-13(16)6-9-17-10-11-4-3-8-14-7-2-1-5-12(11)14/h11-12H,1-10H2,(H,15,16)/t11-,12?/m0/s1. The number of hydrogen-bond donors (Lipinski definition) is 1. The van der Waals surface area contributed by atoms with Gasteiger partial charge in [0.15, 0.2) is 0 Å². The third kappa shape index (κ3) is 3.88. The third-order valence-corrected chi connectivity index (χ3v) is 5.18. The Bertz CT molecular complexity index is 258. The van der Waals surface area contributed by atoms with Crippen molar-refractivity contribution in [2.45, 2.75) is 44.6 Å². The van der Waals surface area contributed by atoms with Gasteiger partial charge >= 0.3 is 5.97 Å². The van der Waals surface area contributed by atoms with Crippen LogP contribution in [0.25, 0.3) is 0 Å². The van der Waals surface area contributed by atoms with E-state index in [1.165, 1.54) is 45.2 Å². The molecule has 4 heteroatoms. The second kappa shape index (κ2) is 6.64. The number of thioether (sulfide) groups is 1. The third-order valence-electron chi connectivity index (χ3n) is 4.02. The summed E-state index contributed by atoms with van der Waals surface area (Å²) in [5, 5.41) is 8.62. The predicted octanol–water partition coefficient (Wildman–Crippen LogP) is 2.46. The molecule has 0 aliphatic carbocycles. The molecular formula is C13H23NO2S. The summed E-state index contributed by atoms with van der Waals surface area (Å²) < 4.78 is 0. The van der Waals surface area contributed by atoms with Gasteiger partial charge in [0.1, 0.15) is 0 Å². The molecule has 3 nitrogen and oxygen atoms in total. The molecule has 0 saturated carbocycles. The zero-order valence-electron chi connectivity index (χ0n) is 10.4. The van der Waals surface area contributed by atoms with E-state index in [2.05, 4.69) is 4.90 Å². The molecule has 2 aliphatic rings. The van der Waals surface area contributed by atoms with Crippen molar-refractivity contribution < 1.29 is 9.90 Å². The highest BCUT2D eigenvalue weighted by atomic mass is 32.2. The molecule has 2 aliphatic heterocycles. The van der Waals surface area contributed by atoms with Crippen molar-refractivity contribution in [2.75, 3.05) is 24.6 Å². The van der Waals surface area contributed by atoms with Crippen LogP contribution < -0.4 is 0 Å². The summed E-state index contributed by atoms with van der Waals surface area (Å²) in [6, 6.07) is 0.801. The summed E-state index contributed by atoms with van der Waals surface area (Å²) in [6.07, 6.45) is 7.12. The van der Waals surface area contributed by atoms with Crippen molar-refractivity contribution in [1.82, 2.24) is 4.90 Å². The number of nitrogens with zero attached hydrogens (tertiary/aromatic N) is 1. The smallest absolute Gasteiger partial charge is 0.304 e. The van der Waals surface area contributed by atoms with Gasteiger partial charge in [0.25, 0.3) is 0 Å². The molecule has 1 unspecified atom stereocenters. The topological polar surface area (TPSA) is 40.5 Å². The van der Waals surface area contributed by atoms with Gasteiger partial charge in [-0.3, -0.25) is 4.79 Å². The Kier molecular flexibility index (Phi) is 5.16. The molecule has 0 amide bonds. The lowest BCUT2D eigenvalue weighted by molar-refractivity contribution is -0.136. The van der Waals surface area contributed by atoms with E-state index in [0.29, 0.717) is 6.42 Å². The second-order valence-electron chi connectivity index (χ2n) is 5.22. The Balaban J connectivity index is 1.73. The lowest BCUT2D eigenvalue weighted by atomic mass is 9.85. The molecule has 17 heavy (non-hydrogen) atoms. The molecular weight excluding hydrogens is 234 g/mol. The van der Waals surface area contributed by atoms with Crippen molar-refractivity contribution in [3.63, 3.8) is 0 Å². The molecule has 2 fully saturated rings. The maximum Gasteiger partial charge on any atom is 0.304 e. The number of rotatable bonds is 5. The van der Waals surface area contributed by atoms with E-state index in [4.69, 9.17) is 5.11 Å². The average Bonchev–Trinajstić information content (AvgIpc) is 2.34. The SMILES string of the molecule is O=C(O)CCSC[C@@H]1CCCN2CCCCC12. The molecule has 2 heterocycles. The zero-order valence-corrected chi connectivity index (χ0v) is 11.3. The Morgan fingerprint density at radius 3 is 2.88 bits per heavy atom. The van der Waals surface area contributed by atoms with Crippen LogP contribution in [-0.2, 0) is 4.79 Å². The number of aliphatic carboxylic acids is 1. The van der Waals surface area contributed by atoms with E-state index < -0.39 is 5.97 Å². The van der Waals surface area contributed by atoms with Gasteiger partial charge in [-0.05, 0) is 50.4 Å². The van der Waals surface area contributed by atoms with Crippen LogP contribution in [0.3, 0.4) is 0 Å². The van der Waals surface area contributed by atoms with E-state index in [0.717, 1.165) is 23.5 Å². The van der Waals surface area contributed by atoms with Crippen molar-refractivity contribution in [2.24, 2.45) is 5.92 Å². The Morgan fingerprint density at radius 1 is 1.24 bits per heavy atom. The predicted molar refractivity (Wildman–Crippen MR) is 71.5 cm³/mol. The fraction of sp³-hybridized carbons (Fsp3) is 0.923. The molecule has 1 N–H and O–H groups in total. The van der Waals surface area contributed by atoms with Gasteiger partial charge in [0, 0.05) is 11.8 Å². The normalized spacial score (nSPS) is 29.9. The Labute approximate surface area is 108 Å². The molecule has 98 valence electrons. The van der Waals surface area contributed by atoms with Crippen LogP contribution in [0.5, 0.6) is 0 Å². The summed E-state index contributed by atoms with van der Waals surface area (Å²) in [7, 11) is 0. The number of piperidine rings is 2. The van der Waals surface area contributed by atoms with Crippen molar-refractivity contribution in [1.29, 1.82) is 0 Å². The lowest BCUT2D eigenvalue weighted by Crippen LogP contribution is -2.48. The summed E-state index contributed by atoms with van der Waals surface area (Å²) >= 11 is 1.84. The van der Waals surface area contributed by atoms with E-state index >= 15 is 0 Å². The van der Waals surface area contributed by atoms with E-state index in [1.54, 1.807) is 0 Å². The van der Waals surface area contributed by atoms with E-state index in [-0.39, 0.29) is 0 Å². The number of carbonyl (C=O) groups is 1. The largest absolute Gasteiger partial charge is 0.481 e. The molecule has 0 radical (unpaired) electrons. The van der Waals surface area contributed by atoms with Crippen LogP contribution in [0.4, 0.5) is 0 Å². The lowest BCUT2D eigenvalue weighted by Gasteiger charge is -2.44. The Hall–Kier alpha value is -0.220. The van der Waals surface area contributed by atoms with Crippen LogP contribution in [-0.4, -0.2) is 46.6 Å². The van der Waals surface area contributed by atoms with Gasteiger partial charge in [0.05, 0.1) is 6.42 Å². The fourth-order valence-corrected chi connectivity index (χ4v) is 4.34. The molecule has 0 bridgehead atoms. The number of carboxylic acid groups (broad SMARTS) is 1.